The Hall–Kier alpha value is -1.91. The van der Waals surface area contributed by atoms with Crippen LogP contribution in [0.15, 0.2) is 30.6 Å². The van der Waals surface area contributed by atoms with Crippen molar-refractivity contribution >= 4 is 5.82 Å². The van der Waals surface area contributed by atoms with Crippen LogP contribution >= 0.6 is 0 Å². The summed E-state index contributed by atoms with van der Waals surface area (Å²) >= 11 is 0. The first-order valence-corrected chi connectivity index (χ1v) is 6.18. The van der Waals surface area contributed by atoms with Crippen molar-refractivity contribution in [2.45, 2.75) is 26.8 Å². The largest absolute Gasteiger partial charge is 0.383 e. The Labute approximate surface area is 111 Å². The van der Waals surface area contributed by atoms with Crippen LogP contribution in [0, 0.1) is 5.92 Å². The molecule has 0 aliphatic heterocycles. The highest BCUT2D eigenvalue weighted by Crippen LogP contribution is 2.28. The van der Waals surface area contributed by atoms with Gasteiger partial charge in [-0.2, -0.15) is 0 Å². The molecule has 0 spiro atoms. The first-order valence-electron chi connectivity index (χ1n) is 6.18. The maximum absolute atomic E-state index is 12.7. The zero-order chi connectivity index (χ0) is 14.0. The van der Waals surface area contributed by atoms with Crippen molar-refractivity contribution in [1.82, 2.24) is 9.55 Å². The van der Waals surface area contributed by atoms with E-state index in [1.807, 2.05) is 4.57 Å². The Morgan fingerprint density at radius 1 is 1.32 bits per heavy atom. The molecule has 2 N–H and O–H groups in total. The number of nitrogens with zero attached hydrogens (tertiary/aromatic N) is 2. The number of nitrogen functional groups attached to an aromatic ring is 1. The Morgan fingerprint density at radius 2 is 2.05 bits per heavy atom. The fourth-order valence-corrected chi connectivity index (χ4v) is 1.97. The van der Waals surface area contributed by atoms with Crippen molar-refractivity contribution in [3.05, 3.63) is 36.2 Å². The summed E-state index contributed by atoms with van der Waals surface area (Å²) in [5.74, 6) is 0.955. The van der Waals surface area contributed by atoms with Crippen LogP contribution in [-0.2, 0) is 6.54 Å². The highest BCUT2D eigenvalue weighted by molar-refractivity contribution is 5.70. The van der Waals surface area contributed by atoms with Crippen LogP contribution in [0.4, 0.5) is 14.6 Å². The molecule has 0 atom stereocenters. The Balaban J connectivity index is 2.37. The molecule has 0 saturated carbocycles. The van der Waals surface area contributed by atoms with E-state index in [4.69, 9.17) is 5.73 Å². The van der Waals surface area contributed by atoms with Crippen LogP contribution in [0.2, 0.25) is 0 Å². The number of aromatic nitrogens is 2. The fourth-order valence-electron chi connectivity index (χ4n) is 1.97. The zero-order valence-electron chi connectivity index (χ0n) is 11.0. The molecule has 1 aromatic carbocycles. The van der Waals surface area contributed by atoms with E-state index in [0.717, 1.165) is 6.54 Å². The number of benzene rings is 1. The van der Waals surface area contributed by atoms with Gasteiger partial charge in [-0.25, -0.2) is 13.8 Å². The van der Waals surface area contributed by atoms with E-state index in [-0.39, 0.29) is 5.56 Å². The third kappa shape index (κ3) is 2.92. The van der Waals surface area contributed by atoms with Crippen LogP contribution in [0.5, 0.6) is 0 Å². The van der Waals surface area contributed by atoms with Gasteiger partial charge < -0.3 is 10.3 Å². The molecule has 3 nitrogen and oxygen atoms in total. The van der Waals surface area contributed by atoms with E-state index in [2.05, 4.69) is 18.8 Å². The second-order valence-corrected chi connectivity index (χ2v) is 4.95. The van der Waals surface area contributed by atoms with Gasteiger partial charge in [0.25, 0.3) is 6.43 Å². The van der Waals surface area contributed by atoms with Gasteiger partial charge in [0.15, 0.2) is 0 Å². The molecule has 0 unspecified atom stereocenters. The average molecular weight is 265 g/mol. The molecule has 0 saturated heterocycles. The third-order valence-electron chi connectivity index (χ3n) is 2.85. The lowest BCUT2D eigenvalue weighted by molar-refractivity contribution is 0.151. The van der Waals surface area contributed by atoms with E-state index < -0.39 is 6.43 Å². The molecule has 1 aromatic heterocycles. The molecule has 2 rings (SSSR count). The van der Waals surface area contributed by atoms with E-state index >= 15 is 0 Å². The summed E-state index contributed by atoms with van der Waals surface area (Å²) in [6, 6.07) is 6.17. The predicted octanol–water partition coefficient (Wildman–Crippen LogP) is 3.73. The van der Waals surface area contributed by atoms with Gasteiger partial charge in [0.1, 0.15) is 11.5 Å². The van der Waals surface area contributed by atoms with Crippen molar-refractivity contribution < 1.29 is 8.78 Å². The number of halogens is 2. The molecule has 0 aliphatic carbocycles. The molecular weight excluding hydrogens is 248 g/mol. The van der Waals surface area contributed by atoms with Gasteiger partial charge in [-0.3, -0.25) is 0 Å². The number of nitrogens with two attached hydrogens (primary N) is 1. The highest BCUT2D eigenvalue weighted by atomic mass is 19.3. The van der Waals surface area contributed by atoms with Crippen molar-refractivity contribution in [1.29, 1.82) is 0 Å². The standard InChI is InChI=1S/C14H17F2N3/c1-9(2)7-19-8-18-12(14(19)17)10-4-3-5-11(6-10)13(15)16/h3-6,8-9,13H,7,17H2,1-2H3. The van der Waals surface area contributed by atoms with Crippen molar-refractivity contribution in [2.24, 2.45) is 5.92 Å². The van der Waals surface area contributed by atoms with Gasteiger partial charge in [0, 0.05) is 17.7 Å². The minimum atomic E-state index is -2.49. The number of alkyl halides is 2. The monoisotopic (exact) mass is 265 g/mol. The van der Waals surface area contributed by atoms with E-state index in [0.29, 0.717) is 23.0 Å². The lowest BCUT2D eigenvalue weighted by atomic mass is 10.1. The molecule has 0 aliphatic rings. The Morgan fingerprint density at radius 3 is 2.68 bits per heavy atom. The van der Waals surface area contributed by atoms with Gasteiger partial charge in [0.2, 0.25) is 0 Å². The molecule has 1 heterocycles. The molecule has 5 heteroatoms. The highest BCUT2D eigenvalue weighted by Gasteiger charge is 2.13. The topological polar surface area (TPSA) is 43.8 Å². The van der Waals surface area contributed by atoms with Crippen LogP contribution < -0.4 is 5.73 Å². The molecule has 102 valence electrons. The van der Waals surface area contributed by atoms with Crippen LogP contribution in [0.1, 0.15) is 25.8 Å². The number of rotatable bonds is 4. The summed E-state index contributed by atoms with van der Waals surface area (Å²) in [5.41, 5.74) is 7.19. The fraction of sp³-hybridized carbons (Fsp3) is 0.357. The molecule has 0 bridgehead atoms. The summed E-state index contributed by atoms with van der Waals surface area (Å²) in [7, 11) is 0. The Kier molecular flexibility index (Phi) is 3.83. The third-order valence-corrected chi connectivity index (χ3v) is 2.85. The maximum atomic E-state index is 12.7. The van der Waals surface area contributed by atoms with Crippen molar-refractivity contribution in [3.8, 4) is 11.3 Å². The Bertz CT molecular complexity index is 562. The van der Waals surface area contributed by atoms with E-state index in [1.165, 1.54) is 12.1 Å². The van der Waals surface area contributed by atoms with Gasteiger partial charge in [-0.1, -0.05) is 32.0 Å². The second kappa shape index (κ2) is 5.38. The molecule has 0 radical (unpaired) electrons. The first-order chi connectivity index (χ1) is 8.99. The van der Waals surface area contributed by atoms with Gasteiger partial charge in [0.05, 0.1) is 6.33 Å². The summed E-state index contributed by atoms with van der Waals surface area (Å²) in [5, 5.41) is 0. The van der Waals surface area contributed by atoms with Gasteiger partial charge in [-0.15, -0.1) is 0 Å². The SMILES string of the molecule is CC(C)Cn1cnc(-c2cccc(C(F)F)c2)c1N. The van der Waals surface area contributed by atoms with Crippen molar-refractivity contribution in [2.75, 3.05) is 5.73 Å². The van der Waals surface area contributed by atoms with Gasteiger partial charge >= 0.3 is 0 Å². The summed E-state index contributed by atoms with van der Waals surface area (Å²) in [6.45, 7) is 4.92. The lowest BCUT2D eigenvalue weighted by Gasteiger charge is -2.08. The number of imidazole rings is 1. The van der Waals surface area contributed by atoms with E-state index in [1.54, 1.807) is 18.5 Å². The van der Waals surface area contributed by atoms with Gasteiger partial charge in [-0.05, 0) is 12.0 Å². The summed E-state index contributed by atoms with van der Waals surface area (Å²) < 4.78 is 27.2. The minimum absolute atomic E-state index is 0.0182. The smallest absolute Gasteiger partial charge is 0.263 e. The summed E-state index contributed by atoms with van der Waals surface area (Å²) in [4.78, 5) is 4.23. The number of hydrogen-bond donors (Lipinski definition) is 1. The molecular formula is C14H17F2N3. The molecule has 0 fully saturated rings. The average Bonchev–Trinajstić information content (AvgIpc) is 2.70. The number of anilines is 1. The molecule has 19 heavy (non-hydrogen) atoms. The number of hydrogen-bond acceptors (Lipinski definition) is 2. The van der Waals surface area contributed by atoms with Crippen molar-refractivity contribution in [3.63, 3.8) is 0 Å². The first kappa shape index (κ1) is 13.5. The second-order valence-electron chi connectivity index (χ2n) is 4.95. The van der Waals surface area contributed by atoms with Crippen LogP contribution in [-0.4, -0.2) is 9.55 Å². The minimum Gasteiger partial charge on any atom is -0.383 e. The normalized spacial score (nSPS) is 11.5. The summed E-state index contributed by atoms with van der Waals surface area (Å²) in [6.07, 6.45) is -0.835. The van der Waals surface area contributed by atoms with Crippen LogP contribution in [0.25, 0.3) is 11.3 Å². The van der Waals surface area contributed by atoms with E-state index in [9.17, 15) is 8.78 Å². The molecule has 2 aromatic rings. The van der Waals surface area contributed by atoms with Crippen LogP contribution in [0.3, 0.4) is 0 Å². The maximum Gasteiger partial charge on any atom is 0.263 e. The quantitative estimate of drug-likeness (QED) is 0.915. The predicted molar refractivity (Wildman–Crippen MR) is 71.9 cm³/mol. The zero-order valence-corrected chi connectivity index (χ0v) is 11.0. The lowest BCUT2D eigenvalue weighted by Crippen LogP contribution is -2.06. The molecule has 0 amide bonds.